The SMILES string of the molecule is CC(C)Oc1cccc(C(=O)N2CC[C@](CCOS(C)(=O)=O)(c3ccc4ccccc4c3)C2)c1. The first-order valence-electron chi connectivity index (χ1n) is 11.5. The topological polar surface area (TPSA) is 72.9 Å². The molecule has 0 bridgehead atoms. The van der Waals surface area contributed by atoms with Gasteiger partial charge in [0, 0.05) is 24.1 Å². The van der Waals surface area contributed by atoms with Crippen LogP contribution in [0.2, 0.25) is 0 Å². The van der Waals surface area contributed by atoms with Crippen LogP contribution in [0.4, 0.5) is 0 Å². The minimum absolute atomic E-state index is 0.0209. The lowest BCUT2D eigenvalue weighted by atomic mass is 9.76. The monoisotopic (exact) mass is 481 g/mol. The van der Waals surface area contributed by atoms with E-state index in [9.17, 15) is 13.2 Å². The molecule has 1 aliphatic heterocycles. The van der Waals surface area contributed by atoms with E-state index in [0.29, 0.717) is 30.8 Å². The van der Waals surface area contributed by atoms with Crippen LogP contribution in [-0.2, 0) is 19.7 Å². The minimum atomic E-state index is -3.54. The summed E-state index contributed by atoms with van der Waals surface area (Å²) < 4.78 is 34.0. The molecule has 0 aromatic heterocycles. The maximum absolute atomic E-state index is 13.4. The fourth-order valence-corrected chi connectivity index (χ4v) is 5.08. The van der Waals surface area contributed by atoms with Crippen molar-refractivity contribution in [2.45, 2.75) is 38.2 Å². The molecular weight excluding hydrogens is 450 g/mol. The molecule has 1 amide bonds. The third-order valence-electron chi connectivity index (χ3n) is 6.33. The molecule has 0 saturated carbocycles. The van der Waals surface area contributed by atoms with E-state index >= 15 is 0 Å². The van der Waals surface area contributed by atoms with Gasteiger partial charge < -0.3 is 9.64 Å². The van der Waals surface area contributed by atoms with Gasteiger partial charge in [0.1, 0.15) is 5.75 Å². The van der Waals surface area contributed by atoms with E-state index in [0.717, 1.165) is 29.0 Å². The molecule has 0 N–H and O–H groups in total. The van der Waals surface area contributed by atoms with Crippen molar-refractivity contribution < 1.29 is 22.1 Å². The lowest BCUT2D eigenvalue weighted by Crippen LogP contribution is -2.35. The second-order valence-corrected chi connectivity index (χ2v) is 10.9. The number of hydrogen-bond acceptors (Lipinski definition) is 5. The molecule has 4 rings (SSSR count). The number of nitrogens with zero attached hydrogens (tertiary/aromatic N) is 1. The number of rotatable bonds is 8. The van der Waals surface area contributed by atoms with Crippen molar-refractivity contribution in [2.75, 3.05) is 26.0 Å². The number of ether oxygens (including phenoxy) is 1. The van der Waals surface area contributed by atoms with Crippen molar-refractivity contribution in [1.82, 2.24) is 4.90 Å². The van der Waals surface area contributed by atoms with Gasteiger partial charge in [-0.1, -0.05) is 48.5 Å². The summed E-state index contributed by atoms with van der Waals surface area (Å²) in [7, 11) is -3.54. The number of likely N-dealkylation sites (tertiary alicyclic amines) is 1. The average Bonchev–Trinajstić information content (AvgIpc) is 3.22. The highest BCUT2D eigenvalue weighted by Crippen LogP contribution is 2.40. The first-order chi connectivity index (χ1) is 16.2. The summed E-state index contributed by atoms with van der Waals surface area (Å²) in [4.78, 5) is 15.2. The van der Waals surface area contributed by atoms with Crippen molar-refractivity contribution in [1.29, 1.82) is 0 Å². The van der Waals surface area contributed by atoms with Crippen LogP contribution in [-0.4, -0.2) is 51.3 Å². The maximum atomic E-state index is 13.4. The Balaban J connectivity index is 1.61. The molecular formula is C27H31NO5S. The van der Waals surface area contributed by atoms with E-state index < -0.39 is 15.5 Å². The molecule has 0 radical (unpaired) electrons. The predicted octanol–water partition coefficient (Wildman–Crippen LogP) is 4.78. The molecule has 1 atom stereocenters. The van der Waals surface area contributed by atoms with Crippen LogP contribution in [0, 0.1) is 0 Å². The summed E-state index contributed by atoms with van der Waals surface area (Å²) in [6.07, 6.45) is 2.31. The normalized spacial score (nSPS) is 18.5. The van der Waals surface area contributed by atoms with Crippen LogP contribution in [0.5, 0.6) is 5.75 Å². The number of fused-ring (bicyclic) bond motifs is 1. The quantitative estimate of drug-likeness (QED) is 0.433. The lowest BCUT2D eigenvalue weighted by Gasteiger charge is -2.30. The average molecular weight is 482 g/mol. The van der Waals surface area contributed by atoms with E-state index in [1.807, 2.05) is 43.0 Å². The summed E-state index contributed by atoms with van der Waals surface area (Å²) in [5.74, 6) is 0.614. The number of benzene rings is 3. The molecule has 0 spiro atoms. The first kappa shape index (κ1) is 24.2. The van der Waals surface area contributed by atoms with Gasteiger partial charge in [-0.15, -0.1) is 0 Å². The number of carbonyl (C=O) groups excluding carboxylic acids is 1. The fourth-order valence-electron chi connectivity index (χ4n) is 4.69. The number of hydrogen-bond donors (Lipinski definition) is 0. The van der Waals surface area contributed by atoms with Crippen LogP contribution >= 0.6 is 0 Å². The molecule has 0 unspecified atom stereocenters. The van der Waals surface area contributed by atoms with Crippen LogP contribution < -0.4 is 4.74 Å². The van der Waals surface area contributed by atoms with Crippen LogP contribution in [0.1, 0.15) is 42.6 Å². The second-order valence-electron chi connectivity index (χ2n) is 9.29. The highest BCUT2D eigenvalue weighted by atomic mass is 32.2. The number of carbonyl (C=O) groups is 1. The van der Waals surface area contributed by atoms with Crippen LogP contribution in [0.3, 0.4) is 0 Å². The van der Waals surface area contributed by atoms with Crippen molar-refractivity contribution >= 4 is 26.8 Å². The summed E-state index contributed by atoms with van der Waals surface area (Å²) in [6, 6.07) is 21.7. The van der Waals surface area contributed by atoms with Crippen LogP contribution in [0.15, 0.2) is 66.7 Å². The van der Waals surface area contributed by atoms with E-state index in [4.69, 9.17) is 8.92 Å². The van der Waals surface area contributed by atoms with Gasteiger partial charge >= 0.3 is 0 Å². The third kappa shape index (κ3) is 5.59. The Kier molecular flexibility index (Phi) is 6.96. The van der Waals surface area contributed by atoms with Gasteiger partial charge in [0.2, 0.25) is 0 Å². The van der Waals surface area contributed by atoms with Gasteiger partial charge in [0.25, 0.3) is 16.0 Å². The van der Waals surface area contributed by atoms with E-state index in [1.165, 1.54) is 0 Å². The summed E-state index contributed by atoms with van der Waals surface area (Å²) in [5, 5.41) is 2.26. The lowest BCUT2D eigenvalue weighted by molar-refractivity contribution is 0.0779. The Hall–Kier alpha value is -2.90. The molecule has 0 aliphatic carbocycles. The second kappa shape index (κ2) is 9.76. The fraction of sp³-hybridized carbons (Fsp3) is 0.370. The zero-order valence-corrected chi connectivity index (χ0v) is 20.7. The smallest absolute Gasteiger partial charge is 0.264 e. The van der Waals surface area contributed by atoms with Crippen molar-refractivity contribution in [3.8, 4) is 5.75 Å². The zero-order chi connectivity index (χ0) is 24.3. The zero-order valence-electron chi connectivity index (χ0n) is 19.9. The van der Waals surface area contributed by atoms with E-state index in [-0.39, 0.29) is 18.6 Å². The van der Waals surface area contributed by atoms with Gasteiger partial charge in [-0.25, -0.2) is 0 Å². The molecule has 3 aromatic rings. The molecule has 180 valence electrons. The predicted molar refractivity (Wildman–Crippen MR) is 134 cm³/mol. The van der Waals surface area contributed by atoms with Gasteiger partial charge in [0.05, 0.1) is 19.0 Å². The van der Waals surface area contributed by atoms with Crippen molar-refractivity contribution in [3.05, 3.63) is 77.9 Å². The molecule has 1 fully saturated rings. The van der Waals surface area contributed by atoms with Crippen LogP contribution in [0.25, 0.3) is 10.8 Å². The maximum Gasteiger partial charge on any atom is 0.264 e. The number of amides is 1. The Bertz CT molecular complexity index is 1290. The Morgan fingerprint density at radius 1 is 1.03 bits per heavy atom. The summed E-state index contributed by atoms with van der Waals surface area (Å²) >= 11 is 0. The van der Waals surface area contributed by atoms with E-state index in [2.05, 4.69) is 30.3 Å². The third-order valence-corrected chi connectivity index (χ3v) is 6.93. The van der Waals surface area contributed by atoms with Crippen molar-refractivity contribution in [2.24, 2.45) is 0 Å². The molecule has 1 heterocycles. The van der Waals surface area contributed by atoms with Gasteiger partial charge in [-0.3, -0.25) is 8.98 Å². The Labute approximate surface area is 201 Å². The summed E-state index contributed by atoms with van der Waals surface area (Å²) in [6.45, 7) is 5.05. The van der Waals surface area contributed by atoms with Gasteiger partial charge in [-0.05, 0) is 61.2 Å². The molecule has 1 aliphatic rings. The standard InChI is InChI=1S/C27H31NO5S/c1-20(2)33-25-10-6-9-23(18-25)26(29)28-15-13-27(19-28,14-16-32-34(3,30)31)24-12-11-21-7-4-5-8-22(21)17-24/h4-12,17-18,20H,13-16,19H2,1-3H3/t27-/m1/s1. The first-order valence-corrected chi connectivity index (χ1v) is 13.4. The van der Waals surface area contributed by atoms with E-state index in [1.54, 1.807) is 12.1 Å². The minimum Gasteiger partial charge on any atom is -0.491 e. The Morgan fingerprint density at radius 3 is 2.53 bits per heavy atom. The molecule has 6 nitrogen and oxygen atoms in total. The molecule has 1 saturated heterocycles. The highest BCUT2D eigenvalue weighted by molar-refractivity contribution is 7.85. The molecule has 3 aromatic carbocycles. The Morgan fingerprint density at radius 2 is 1.79 bits per heavy atom. The molecule has 34 heavy (non-hydrogen) atoms. The largest absolute Gasteiger partial charge is 0.491 e. The van der Waals surface area contributed by atoms with Crippen molar-refractivity contribution in [3.63, 3.8) is 0 Å². The van der Waals surface area contributed by atoms with Gasteiger partial charge in [0.15, 0.2) is 0 Å². The molecule has 7 heteroatoms. The van der Waals surface area contributed by atoms with Gasteiger partial charge in [-0.2, -0.15) is 8.42 Å². The summed E-state index contributed by atoms with van der Waals surface area (Å²) in [5.41, 5.74) is 1.28. The highest BCUT2D eigenvalue weighted by Gasteiger charge is 2.41.